The van der Waals surface area contributed by atoms with Gasteiger partial charge in [0, 0.05) is 0 Å². The molecule has 0 spiro atoms. The molecule has 0 N–H and O–H groups in total. The summed E-state index contributed by atoms with van der Waals surface area (Å²) in [5.41, 5.74) is 0. The maximum absolute atomic E-state index is 5.37. The summed E-state index contributed by atoms with van der Waals surface area (Å²) in [6.07, 6.45) is 4.79. The average molecular weight is 308 g/mol. The van der Waals surface area contributed by atoms with Gasteiger partial charge in [-0.05, 0) is 0 Å². The molecule has 0 unspecified atom stereocenters. The fourth-order valence-corrected chi connectivity index (χ4v) is 1.88. The molecule has 5 heteroatoms. The van der Waals surface area contributed by atoms with E-state index in [2.05, 4.69) is 13.8 Å². The van der Waals surface area contributed by atoms with Gasteiger partial charge in [0.05, 0.1) is 0 Å². The molecular weight excluding hydrogens is 290 g/mol. The molecule has 0 fully saturated rings. The molecule has 0 aliphatic rings. The van der Waals surface area contributed by atoms with E-state index in [-0.39, 0.29) is 24.8 Å². The first kappa shape index (κ1) is 19.9. The van der Waals surface area contributed by atoms with Crippen LogP contribution in [0.3, 0.4) is 0 Å². The third-order valence-corrected chi connectivity index (χ3v) is 2.90. The summed E-state index contributed by atoms with van der Waals surface area (Å²) in [6, 6.07) is 0. The molecule has 0 atom stereocenters. The molecule has 0 aromatic rings. The number of unbranched alkanes of at least 4 members (excludes halogenated alkanes) is 2. The second-order valence-corrected chi connectivity index (χ2v) is 4.32. The topological polar surface area (TPSA) is 18.5 Å². The van der Waals surface area contributed by atoms with Crippen LogP contribution in [0.4, 0.5) is 0 Å². The largest absolute Gasteiger partial charge is 1.00 e. The van der Waals surface area contributed by atoms with Gasteiger partial charge in [0.15, 0.2) is 0 Å². The molecule has 0 rings (SSSR count). The minimum Gasteiger partial charge on any atom is -1.00 e. The normalized spacial score (nSPS) is 8.15. The molecule has 0 bridgehead atoms. The average Bonchev–Trinajstić information content (AvgIpc) is 2.03. The molecule has 2 nitrogen and oxygen atoms in total. The van der Waals surface area contributed by atoms with Crippen LogP contribution in [-0.2, 0) is 29.7 Å². The maximum atomic E-state index is 5.37. The summed E-state index contributed by atoms with van der Waals surface area (Å²) in [6.45, 7) is 6.17. The molecular formula is C8H18Cl2O2Zr. The Balaban J connectivity index is -0.000000500. The third-order valence-electron chi connectivity index (χ3n) is 1.32. The van der Waals surface area contributed by atoms with Crippen LogP contribution in [0.25, 0.3) is 0 Å². The van der Waals surface area contributed by atoms with Gasteiger partial charge in [-0.2, -0.15) is 0 Å². The van der Waals surface area contributed by atoms with Crippen LogP contribution in [-0.4, -0.2) is 13.2 Å². The Kier molecular flexibility index (Phi) is 29.1. The number of hydrogen-bond acceptors (Lipinski definition) is 2. The third kappa shape index (κ3) is 19.7. The summed E-state index contributed by atoms with van der Waals surface area (Å²) < 4.78 is 10.7. The fraction of sp³-hybridized carbons (Fsp3) is 1.00. The first-order valence-electron chi connectivity index (χ1n) is 4.40. The summed E-state index contributed by atoms with van der Waals surface area (Å²) in [7, 11) is 0. The molecule has 80 valence electrons. The van der Waals surface area contributed by atoms with E-state index in [4.69, 9.17) is 5.63 Å². The fourth-order valence-electron chi connectivity index (χ4n) is 0.558. The van der Waals surface area contributed by atoms with Gasteiger partial charge in [0.2, 0.25) is 0 Å². The molecule has 13 heavy (non-hydrogen) atoms. The van der Waals surface area contributed by atoms with Crippen molar-refractivity contribution in [1.82, 2.24) is 0 Å². The van der Waals surface area contributed by atoms with Crippen molar-refractivity contribution in [2.45, 2.75) is 39.5 Å². The van der Waals surface area contributed by atoms with E-state index in [1.54, 1.807) is 0 Å². The zero-order valence-corrected chi connectivity index (χ0v) is 12.3. The summed E-state index contributed by atoms with van der Waals surface area (Å²) in [5, 5.41) is 0. The van der Waals surface area contributed by atoms with Gasteiger partial charge in [0.25, 0.3) is 0 Å². The molecule has 0 radical (unpaired) electrons. The van der Waals surface area contributed by atoms with Gasteiger partial charge < -0.3 is 24.8 Å². The van der Waals surface area contributed by atoms with Gasteiger partial charge >= 0.3 is 82.5 Å². The zero-order chi connectivity index (χ0) is 8.36. The monoisotopic (exact) mass is 306 g/mol. The standard InChI is InChI=1S/2C4H9O.2ClH.Zr/c2*1-2-3-4-5;;;/h2*2-4H2,1H3;2*1H;/q2*-1;;;+4/p-2. The minimum absolute atomic E-state index is 0. The van der Waals surface area contributed by atoms with Gasteiger partial charge in [-0.25, -0.2) is 0 Å². The molecule has 0 aromatic heterocycles. The van der Waals surface area contributed by atoms with E-state index in [1.165, 1.54) is 25.7 Å². The smallest absolute Gasteiger partial charge is 1.00 e. The van der Waals surface area contributed by atoms with Crippen molar-refractivity contribution in [3.63, 3.8) is 0 Å². The van der Waals surface area contributed by atoms with E-state index < -0.39 is 24.1 Å². The minimum atomic E-state index is -0.876. The summed E-state index contributed by atoms with van der Waals surface area (Å²) >= 11 is -0.876. The van der Waals surface area contributed by atoms with Crippen LogP contribution >= 0.6 is 0 Å². The Morgan fingerprint density at radius 2 is 1.23 bits per heavy atom. The predicted molar refractivity (Wildman–Crippen MR) is 41.7 cm³/mol. The first-order chi connectivity index (χ1) is 5.41. The van der Waals surface area contributed by atoms with Gasteiger partial charge in [-0.3, -0.25) is 0 Å². The van der Waals surface area contributed by atoms with E-state index in [0.29, 0.717) is 0 Å². The van der Waals surface area contributed by atoms with Crippen LogP contribution in [0.2, 0.25) is 0 Å². The van der Waals surface area contributed by atoms with Crippen molar-refractivity contribution < 1.29 is 54.6 Å². The van der Waals surface area contributed by atoms with Crippen molar-refractivity contribution in [3.8, 4) is 0 Å². The maximum Gasteiger partial charge on any atom is -1.00 e. The number of halogens is 2. The number of hydrogen-bond donors (Lipinski definition) is 0. The molecule has 0 saturated carbocycles. The first-order valence-corrected chi connectivity index (χ1v) is 6.41. The van der Waals surface area contributed by atoms with Crippen molar-refractivity contribution in [2.24, 2.45) is 0 Å². The van der Waals surface area contributed by atoms with Crippen molar-refractivity contribution in [3.05, 3.63) is 0 Å². The van der Waals surface area contributed by atoms with E-state index in [0.717, 1.165) is 13.2 Å². The van der Waals surface area contributed by atoms with Crippen molar-refractivity contribution >= 4 is 0 Å². The molecule has 0 heterocycles. The van der Waals surface area contributed by atoms with Crippen LogP contribution in [0.15, 0.2) is 0 Å². The molecule has 0 aliphatic heterocycles. The van der Waals surface area contributed by atoms with Gasteiger partial charge in [-0.15, -0.1) is 0 Å². The molecule has 0 aromatic carbocycles. The SMILES string of the molecule is CCCC[O][Zr+2][O]CCCC.[Cl-].[Cl-]. The van der Waals surface area contributed by atoms with Crippen LogP contribution in [0, 0.1) is 0 Å². The van der Waals surface area contributed by atoms with Crippen LogP contribution in [0.1, 0.15) is 39.5 Å². The van der Waals surface area contributed by atoms with E-state index in [9.17, 15) is 0 Å². The molecule has 0 saturated heterocycles. The second kappa shape index (κ2) is 19.0. The van der Waals surface area contributed by atoms with Gasteiger partial charge in [-0.1, -0.05) is 0 Å². The Morgan fingerprint density at radius 3 is 1.54 bits per heavy atom. The quantitative estimate of drug-likeness (QED) is 0.434. The Morgan fingerprint density at radius 1 is 0.846 bits per heavy atom. The van der Waals surface area contributed by atoms with E-state index in [1.807, 2.05) is 0 Å². The van der Waals surface area contributed by atoms with Crippen molar-refractivity contribution in [1.29, 1.82) is 0 Å². The predicted octanol–water partition coefficient (Wildman–Crippen LogP) is -3.46. The Hall–Kier alpha value is 1.38. The zero-order valence-electron chi connectivity index (χ0n) is 8.32. The Bertz CT molecular complexity index is 69.2. The van der Waals surface area contributed by atoms with Crippen molar-refractivity contribution in [2.75, 3.05) is 13.2 Å². The summed E-state index contributed by atoms with van der Waals surface area (Å²) in [5.74, 6) is 0. The summed E-state index contributed by atoms with van der Waals surface area (Å²) in [4.78, 5) is 0. The van der Waals surface area contributed by atoms with Crippen LogP contribution < -0.4 is 24.8 Å². The van der Waals surface area contributed by atoms with Gasteiger partial charge in [0.1, 0.15) is 0 Å². The Labute approximate surface area is 107 Å². The molecule has 0 amide bonds. The van der Waals surface area contributed by atoms with E-state index >= 15 is 0 Å². The molecule has 0 aliphatic carbocycles. The number of rotatable bonds is 8. The second-order valence-electron chi connectivity index (χ2n) is 2.49. The van der Waals surface area contributed by atoms with Crippen LogP contribution in [0.5, 0.6) is 0 Å².